The van der Waals surface area contributed by atoms with E-state index < -0.39 is 9.84 Å². The van der Waals surface area contributed by atoms with Crippen molar-refractivity contribution in [2.45, 2.75) is 65.0 Å². The first-order valence-electron chi connectivity index (χ1n) is 9.62. The van der Waals surface area contributed by atoms with Crippen molar-refractivity contribution in [3.05, 3.63) is 0 Å². The largest absolute Gasteiger partial charge is 0.355 e. The van der Waals surface area contributed by atoms with Gasteiger partial charge in [-0.1, -0.05) is 26.7 Å². The molecule has 0 aromatic rings. The van der Waals surface area contributed by atoms with Crippen LogP contribution in [0.1, 0.15) is 52.9 Å². The first-order valence-corrected chi connectivity index (χ1v) is 11.7. The molecule has 1 rings (SSSR count). The number of nitrogens with zero attached hydrogens (tertiary/aromatic N) is 2. The number of nitrogens with one attached hydrogen (secondary N) is 2. The summed E-state index contributed by atoms with van der Waals surface area (Å²) >= 11 is 0. The fourth-order valence-corrected chi connectivity index (χ4v) is 4.09. The van der Waals surface area contributed by atoms with E-state index in [0.717, 1.165) is 12.5 Å². The molecule has 6 nitrogen and oxygen atoms in total. The van der Waals surface area contributed by atoms with E-state index in [1.54, 1.807) is 7.05 Å². The molecule has 148 valence electrons. The summed E-state index contributed by atoms with van der Waals surface area (Å²) in [4.78, 5) is 6.91. The standard InChI is InChI=1S/C18H38N4O2S/c1-15(2)17(22-11-8-6-7-9-12-22)14-20-18(19-4)21-16(3)10-13-25(5,23)24/h15-17H,6-14H2,1-5H3,(H2,19,20,21). The van der Waals surface area contributed by atoms with Gasteiger partial charge in [-0.3, -0.25) is 9.89 Å². The number of hydrogen-bond donors (Lipinski definition) is 2. The van der Waals surface area contributed by atoms with Gasteiger partial charge in [-0.25, -0.2) is 8.42 Å². The first-order chi connectivity index (χ1) is 11.7. The Balaban J connectivity index is 2.52. The van der Waals surface area contributed by atoms with Crippen LogP contribution in [0, 0.1) is 5.92 Å². The van der Waals surface area contributed by atoms with E-state index in [1.165, 1.54) is 45.0 Å². The maximum absolute atomic E-state index is 11.3. The Morgan fingerprint density at radius 3 is 2.20 bits per heavy atom. The van der Waals surface area contributed by atoms with Crippen molar-refractivity contribution in [2.24, 2.45) is 10.9 Å². The Morgan fingerprint density at radius 2 is 1.72 bits per heavy atom. The highest BCUT2D eigenvalue weighted by molar-refractivity contribution is 7.90. The molecule has 0 bridgehead atoms. The molecular formula is C18H38N4O2S. The van der Waals surface area contributed by atoms with Crippen LogP contribution < -0.4 is 10.6 Å². The number of sulfone groups is 1. The molecule has 0 radical (unpaired) electrons. The summed E-state index contributed by atoms with van der Waals surface area (Å²) in [6, 6.07) is 0.555. The molecule has 0 aliphatic carbocycles. The van der Waals surface area contributed by atoms with Crippen molar-refractivity contribution < 1.29 is 8.42 Å². The van der Waals surface area contributed by atoms with Gasteiger partial charge in [0.2, 0.25) is 0 Å². The Morgan fingerprint density at radius 1 is 1.12 bits per heavy atom. The summed E-state index contributed by atoms with van der Waals surface area (Å²) in [6.45, 7) is 9.77. The topological polar surface area (TPSA) is 73.8 Å². The Labute approximate surface area is 154 Å². The van der Waals surface area contributed by atoms with Crippen LogP contribution in [0.2, 0.25) is 0 Å². The maximum atomic E-state index is 11.3. The van der Waals surface area contributed by atoms with Crippen LogP contribution in [-0.4, -0.2) is 70.1 Å². The summed E-state index contributed by atoms with van der Waals surface area (Å²) in [5.41, 5.74) is 0. The lowest BCUT2D eigenvalue weighted by molar-refractivity contribution is 0.161. The molecule has 2 N–H and O–H groups in total. The summed E-state index contributed by atoms with van der Waals surface area (Å²) in [6.07, 6.45) is 7.13. The third kappa shape index (κ3) is 9.45. The van der Waals surface area contributed by atoms with E-state index in [4.69, 9.17) is 0 Å². The van der Waals surface area contributed by atoms with Crippen molar-refractivity contribution in [2.75, 3.05) is 38.7 Å². The van der Waals surface area contributed by atoms with Gasteiger partial charge in [0, 0.05) is 31.9 Å². The normalized spacial score (nSPS) is 20.2. The number of hydrogen-bond acceptors (Lipinski definition) is 4. The van der Waals surface area contributed by atoms with Crippen molar-refractivity contribution >= 4 is 15.8 Å². The highest BCUT2D eigenvalue weighted by atomic mass is 32.2. The zero-order chi connectivity index (χ0) is 18.9. The molecule has 0 amide bonds. The number of likely N-dealkylation sites (tertiary alicyclic amines) is 1. The van der Waals surface area contributed by atoms with Gasteiger partial charge in [-0.15, -0.1) is 0 Å². The highest BCUT2D eigenvalue weighted by Gasteiger charge is 2.23. The Hall–Kier alpha value is -0.820. The fraction of sp³-hybridized carbons (Fsp3) is 0.944. The van der Waals surface area contributed by atoms with Crippen molar-refractivity contribution in [1.29, 1.82) is 0 Å². The van der Waals surface area contributed by atoms with Crippen molar-refractivity contribution in [1.82, 2.24) is 15.5 Å². The second-order valence-electron chi connectivity index (χ2n) is 7.68. The SMILES string of the molecule is CN=C(NCC(C(C)C)N1CCCCCC1)NC(C)CCS(C)(=O)=O. The second kappa shape index (κ2) is 11.0. The molecule has 1 saturated heterocycles. The molecular weight excluding hydrogens is 336 g/mol. The van der Waals surface area contributed by atoms with E-state index in [9.17, 15) is 8.42 Å². The van der Waals surface area contributed by atoms with Crippen LogP contribution in [0.3, 0.4) is 0 Å². The number of rotatable bonds is 8. The number of aliphatic imine (C=N–C) groups is 1. The third-order valence-corrected chi connectivity index (χ3v) is 5.86. The molecule has 0 aromatic heterocycles. The summed E-state index contributed by atoms with van der Waals surface area (Å²) in [5.74, 6) is 1.52. The first kappa shape index (κ1) is 22.2. The van der Waals surface area contributed by atoms with E-state index in [-0.39, 0.29) is 11.8 Å². The molecule has 25 heavy (non-hydrogen) atoms. The van der Waals surface area contributed by atoms with Gasteiger partial charge >= 0.3 is 0 Å². The average Bonchev–Trinajstić information content (AvgIpc) is 2.80. The third-order valence-electron chi connectivity index (χ3n) is 4.89. The van der Waals surface area contributed by atoms with Crippen LogP contribution in [-0.2, 0) is 9.84 Å². The quantitative estimate of drug-likeness (QED) is 0.501. The monoisotopic (exact) mass is 374 g/mol. The summed E-state index contributed by atoms with van der Waals surface area (Å²) < 4.78 is 22.6. The molecule has 1 aliphatic rings. The van der Waals surface area contributed by atoms with Gasteiger partial charge in [0.15, 0.2) is 5.96 Å². The predicted octanol–water partition coefficient (Wildman–Crippen LogP) is 1.88. The Bertz CT molecular complexity index is 497. The van der Waals surface area contributed by atoms with Crippen molar-refractivity contribution in [3.63, 3.8) is 0 Å². The van der Waals surface area contributed by atoms with Crippen LogP contribution in [0.15, 0.2) is 4.99 Å². The predicted molar refractivity (Wildman–Crippen MR) is 107 cm³/mol. The fourth-order valence-electron chi connectivity index (χ4n) is 3.31. The van der Waals surface area contributed by atoms with Crippen LogP contribution >= 0.6 is 0 Å². The summed E-state index contributed by atoms with van der Waals surface area (Å²) in [7, 11) is -1.16. The van der Waals surface area contributed by atoms with Gasteiger partial charge < -0.3 is 10.6 Å². The van der Waals surface area contributed by atoms with Gasteiger partial charge in [0.25, 0.3) is 0 Å². The molecule has 1 fully saturated rings. The smallest absolute Gasteiger partial charge is 0.191 e. The molecule has 2 unspecified atom stereocenters. The van der Waals surface area contributed by atoms with Crippen LogP contribution in [0.25, 0.3) is 0 Å². The summed E-state index contributed by atoms with van der Waals surface area (Å²) in [5, 5.41) is 6.75. The average molecular weight is 375 g/mol. The van der Waals surface area contributed by atoms with E-state index >= 15 is 0 Å². The molecule has 0 spiro atoms. The van der Waals surface area contributed by atoms with Crippen molar-refractivity contribution in [3.8, 4) is 0 Å². The minimum Gasteiger partial charge on any atom is -0.355 e. The van der Waals surface area contributed by atoms with Crippen LogP contribution in [0.4, 0.5) is 0 Å². The van der Waals surface area contributed by atoms with Gasteiger partial charge in [-0.05, 0) is 45.2 Å². The lowest BCUT2D eigenvalue weighted by atomic mass is 10.0. The number of guanidine groups is 1. The lowest BCUT2D eigenvalue weighted by Crippen LogP contribution is -2.51. The molecule has 1 aliphatic heterocycles. The zero-order valence-corrected chi connectivity index (χ0v) is 17.5. The molecule has 2 atom stereocenters. The molecule has 1 heterocycles. The minimum absolute atomic E-state index is 0.0663. The lowest BCUT2D eigenvalue weighted by Gasteiger charge is -2.34. The molecule has 0 aromatic carbocycles. The molecule has 0 saturated carbocycles. The van der Waals surface area contributed by atoms with Gasteiger partial charge in [0.1, 0.15) is 9.84 Å². The van der Waals surface area contributed by atoms with E-state index in [1.807, 2.05) is 6.92 Å². The second-order valence-corrected chi connectivity index (χ2v) is 9.94. The van der Waals surface area contributed by atoms with Gasteiger partial charge in [-0.2, -0.15) is 0 Å². The molecule has 7 heteroatoms. The highest BCUT2D eigenvalue weighted by Crippen LogP contribution is 2.17. The van der Waals surface area contributed by atoms with E-state index in [0.29, 0.717) is 18.4 Å². The maximum Gasteiger partial charge on any atom is 0.191 e. The minimum atomic E-state index is -2.92. The van der Waals surface area contributed by atoms with E-state index in [2.05, 4.69) is 34.4 Å². The van der Waals surface area contributed by atoms with Crippen LogP contribution in [0.5, 0.6) is 0 Å². The zero-order valence-electron chi connectivity index (χ0n) is 16.7. The van der Waals surface area contributed by atoms with Gasteiger partial charge in [0.05, 0.1) is 5.75 Å². The Kier molecular flexibility index (Phi) is 9.79.